The van der Waals surface area contributed by atoms with Crippen LogP contribution < -0.4 is 11.5 Å². The van der Waals surface area contributed by atoms with Crippen molar-refractivity contribution in [2.45, 2.75) is 30.6 Å². The Morgan fingerprint density at radius 1 is 0.905 bits per heavy atom. The Balaban J connectivity index is 0.000000343. The van der Waals surface area contributed by atoms with Crippen LogP contribution in [0.15, 0.2) is 59.4 Å². The second kappa shape index (κ2) is 10.3. The number of carbonyl (C=O) groups is 4. The monoisotopic (exact) mass is 581 g/mol. The number of ketones is 2. The molecule has 2 amide bonds. The van der Waals surface area contributed by atoms with Crippen LogP contribution in [0.25, 0.3) is 5.76 Å². The van der Waals surface area contributed by atoms with Crippen molar-refractivity contribution >= 4 is 29.1 Å². The number of fused-ring (bicyclic) bond motifs is 3. The number of phenols is 2. The number of likely N-dealkylation sites (N-methyl/N-ethyl adjacent to an activating group) is 1. The fourth-order valence-electron chi connectivity index (χ4n) is 6.18. The first kappa shape index (κ1) is 30.2. The number of para-hydroxylation sites is 1. The van der Waals surface area contributed by atoms with Crippen LogP contribution in [0.2, 0.25) is 0 Å². The average molecular weight is 582 g/mol. The zero-order chi connectivity index (χ0) is 31.5. The maximum absolute atomic E-state index is 13.7. The van der Waals surface area contributed by atoms with Gasteiger partial charge in [-0.1, -0.05) is 24.3 Å². The summed E-state index contributed by atoms with van der Waals surface area (Å²) < 4.78 is 0. The summed E-state index contributed by atoms with van der Waals surface area (Å²) in [6.07, 6.45) is -0.200. The lowest BCUT2D eigenvalue weighted by atomic mass is 9.54. The fraction of sp³-hybridized carbons (Fsp3) is 0.310. The molecule has 5 atom stereocenters. The van der Waals surface area contributed by atoms with Gasteiger partial charge in [-0.3, -0.25) is 24.1 Å². The Labute approximate surface area is 239 Å². The van der Waals surface area contributed by atoms with Gasteiger partial charge in [-0.25, -0.2) is 0 Å². The molecule has 3 aliphatic rings. The number of carbonyl (C=O) groups excluding carboxylic acids is 4. The average Bonchev–Trinajstić information content (AvgIpc) is 2.89. The Morgan fingerprint density at radius 2 is 1.50 bits per heavy atom. The number of amides is 2. The number of benzene rings is 2. The van der Waals surface area contributed by atoms with E-state index in [0.717, 1.165) is 0 Å². The number of nitrogens with zero attached hydrogens (tertiary/aromatic N) is 1. The number of hydrogen-bond donors (Lipinski definition) is 8. The molecule has 10 N–H and O–H groups in total. The van der Waals surface area contributed by atoms with E-state index in [2.05, 4.69) is 0 Å². The van der Waals surface area contributed by atoms with E-state index in [-0.39, 0.29) is 28.9 Å². The normalized spacial score (nSPS) is 28.4. The highest BCUT2D eigenvalue weighted by atomic mass is 16.3. The number of rotatable bonds is 3. The van der Waals surface area contributed by atoms with E-state index in [4.69, 9.17) is 16.6 Å². The Morgan fingerprint density at radius 3 is 2.02 bits per heavy atom. The minimum atomic E-state index is -2.75. The SMILES string of the molecule is CN(C)[C@@H]1C(=O)C(C(N)=O)=C(O)[C@@]2(O)C(=O)C3=C(O)c4c(O)cccc4[C@@](C)(O)[C@H]3C[C@@H]12.NC(=O)c1ccccc1O. The summed E-state index contributed by atoms with van der Waals surface area (Å²) in [5.41, 5.74) is 4.52. The van der Waals surface area contributed by atoms with Crippen LogP contribution in [0.5, 0.6) is 11.5 Å². The largest absolute Gasteiger partial charge is 0.508 e. The Bertz CT molecular complexity index is 1590. The molecule has 3 aliphatic carbocycles. The lowest BCUT2D eigenvalue weighted by Crippen LogP contribution is -2.67. The van der Waals surface area contributed by atoms with E-state index >= 15 is 0 Å². The zero-order valence-corrected chi connectivity index (χ0v) is 22.9. The van der Waals surface area contributed by atoms with Crippen molar-refractivity contribution in [2.24, 2.45) is 23.3 Å². The van der Waals surface area contributed by atoms with E-state index in [9.17, 15) is 44.7 Å². The standard InChI is InChI=1S/C22H24N2O8.C7H7NO2/c1-21(31)8-5-4-6-11(25)12(8)16(26)13-9(21)7-10-15(24(2)3)17(27)14(20(23)30)19(29)22(10,32)18(13)28;8-7(10)5-3-1-2-4-6(5)9/h4-6,9-10,15,25-26,29,31-32H,7H2,1-3H3,(H2,23,30);1-4,9H,(H2,8,10)/t9-,10-,15-,21+,22-;/m0./s1. The third-order valence-electron chi connectivity index (χ3n) is 8.19. The molecule has 0 spiro atoms. The molecule has 13 heteroatoms. The summed E-state index contributed by atoms with van der Waals surface area (Å²) in [4.78, 5) is 50.5. The molecule has 0 aliphatic heterocycles. The number of nitrogens with two attached hydrogens (primary N) is 2. The van der Waals surface area contributed by atoms with Crippen LogP contribution in [0, 0.1) is 11.8 Å². The van der Waals surface area contributed by atoms with Crippen molar-refractivity contribution in [3.8, 4) is 11.5 Å². The first-order valence-corrected chi connectivity index (χ1v) is 12.8. The highest BCUT2D eigenvalue weighted by molar-refractivity contribution is 6.24. The summed E-state index contributed by atoms with van der Waals surface area (Å²) in [6.45, 7) is 1.40. The molecule has 0 saturated heterocycles. The van der Waals surface area contributed by atoms with E-state index < -0.39 is 80.9 Å². The maximum atomic E-state index is 13.7. The van der Waals surface area contributed by atoms with Gasteiger partial charge in [0.25, 0.3) is 11.8 Å². The number of primary amides is 2. The first-order chi connectivity index (χ1) is 19.5. The molecule has 0 radical (unpaired) electrons. The summed E-state index contributed by atoms with van der Waals surface area (Å²) >= 11 is 0. The second-order valence-corrected chi connectivity index (χ2v) is 10.8. The minimum absolute atomic E-state index is 0.0741. The topological polar surface area (TPSA) is 245 Å². The number of aliphatic hydroxyl groups is 4. The van der Waals surface area contributed by atoms with Gasteiger partial charge in [-0.05, 0) is 51.2 Å². The Kier molecular flexibility index (Phi) is 7.40. The van der Waals surface area contributed by atoms with Crippen LogP contribution in [0.4, 0.5) is 0 Å². The zero-order valence-electron chi connectivity index (χ0n) is 22.9. The van der Waals surface area contributed by atoms with Gasteiger partial charge in [0.1, 0.15) is 28.6 Å². The van der Waals surface area contributed by atoms with Gasteiger partial charge < -0.3 is 42.1 Å². The molecule has 5 rings (SSSR count). The molecule has 222 valence electrons. The van der Waals surface area contributed by atoms with Gasteiger partial charge >= 0.3 is 0 Å². The minimum Gasteiger partial charge on any atom is -0.508 e. The third-order valence-corrected chi connectivity index (χ3v) is 8.19. The molecule has 13 nitrogen and oxygen atoms in total. The number of Topliss-reactive ketones (excluding diaryl/α,β-unsaturated/α-hetero) is 2. The van der Waals surface area contributed by atoms with Crippen molar-refractivity contribution in [3.63, 3.8) is 0 Å². The first-order valence-electron chi connectivity index (χ1n) is 12.8. The number of aromatic hydroxyl groups is 2. The van der Waals surface area contributed by atoms with Gasteiger partial charge in [0.15, 0.2) is 11.4 Å². The van der Waals surface area contributed by atoms with Crippen LogP contribution in [-0.4, -0.2) is 84.7 Å². The summed E-state index contributed by atoms with van der Waals surface area (Å²) in [7, 11) is 3.01. The fourth-order valence-corrected chi connectivity index (χ4v) is 6.18. The molecule has 42 heavy (non-hydrogen) atoms. The molecule has 0 bridgehead atoms. The molecular weight excluding hydrogens is 550 g/mol. The van der Waals surface area contributed by atoms with Crippen LogP contribution >= 0.6 is 0 Å². The van der Waals surface area contributed by atoms with E-state index in [1.807, 2.05) is 0 Å². The van der Waals surface area contributed by atoms with Crippen LogP contribution in [-0.2, 0) is 20.0 Å². The van der Waals surface area contributed by atoms with Crippen molar-refractivity contribution in [1.82, 2.24) is 4.90 Å². The summed E-state index contributed by atoms with van der Waals surface area (Å²) in [5, 5.41) is 63.9. The quantitative estimate of drug-likeness (QED) is 0.226. The van der Waals surface area contributed by atoms with Gasteiger partial charge in [0, 0.05) is 17.4 Å². The Hall–Kier alpha value is -4.72. The molecule has 2 aromatic rings. The van der Waals surface area contributed by atoms with Gasteiger partial charge in [0.2, 0.25) is 5.78 Å². The third kappa shape index (κ3) is 4.29. The number of hydrogen-bond acceptors (Lipinski definition) is 11. The predicted molar refractivity (Wildman–Crippen MR) is 147 cm³/mol. The lowest BCUT2D eigenvalue weighted by Gasteiger charge is -2.53. The van der Waals surface area contributed by atoms with Crippen molar-refractivity contribution in [2.75, 3.05) is 14.1 Å². The summed E-state index contributed by atoms with van der Waals surface area (Å²) in [6, 6.07) is 9.17. The lowest BCUT2D eigenvalue weighted by molar-refractivity contribution is -0.159. The smallest absolute Gasteiger partial charge is 0.255 e. The van der Waals surface area contributed by atoms with Crippen molar-refractivity contribution < 1.29 is 49.8 Å². The van der Waals surface area contributed by atoms with E-state index in [1.165, 1.54) is 56.3 Å². The molecule has 0 unspecified atom stereocenters. The molecular formula is C29H31N3O10. The maximum Gasteiger partial charge on any atom is 0.255 e. The highest BCUT2D eigenvalue weighted by Crippen LogP contribution is 2.57. The van der Waals surface area contributed by atoms with E-state index in [1.54, 1.807) is 12.1 Å². The van der Waals surface area contributed by atoms with Crippen molar-refractivity contribution in [3.05, 3.63) is 76.1 Å². The molecule has 0 aromatic heterocycles. The molecule has 2 aromatic carbocycles. The highest BCUT2D eigenvalue weighted by Gasteiger charge is 2.66. The van der Waals surface area contributed by atoms with Gasteiger partial charge in [0.05, 0.1) is 22.8 Å². The molecule has 1 saturated carbocycles. The predicted octanol–water partition coefficient (Wildman–Crippen LogP) is 0.120. The van der Waals surface area contributed by atoms with Crippen molar-refractivity contribution in [1.29, 1.82) is 0 Å². The van der Waals surface area contributed by atoms with Gasteiger partial charge in [-0.2, -0.15) is 0 Å². The summed E-state index contributed by atoms with van der Waals surface area (Å²) in [5.74, 6) is -8.58. The number of phenolic OH excluding ortho intramolecular Hbond substituents is 1. The molecule has 0 heterocycles. The van der Waals surface area contributed by atoms with Crippen LogP contribution in [0.1, 0.15) is 34.8 Å². The second-order valence-electron chi connectivity index (χ2n) is 10.8. The van der Waals surface area contributed by atoms with E-state index in [0.29, 0.717) is 0 Å². The molecule has 1 fully saturated rings. The number of aliphatic hydroxyl groups excluding tert-OH is 2. The van der Waals surface area contributed by atoms with Crippen LogP contribution in [0.3, 0.4) is 0 Å². The van der Waals surface area contributed by atoms with Gasteiger partial charge in [-0.15, -0.1) is 0 Å².